The lowest BCUT2D eigenvalue weighted by Crippen LogP contribution is -2.49. The molecule has 33 heavy (non-hydrogen) atoms. The van der Waals surface area contributed by atoms with Crippen LogP contribution in [0.3, 0.4) is 0 Å². The molecule has 2 aliphatic heterocycles. The number of thiophene rings is 1. The molecular formula is C22H26FN7OS2. The van der Waals surface area contributed by atoms with Crippen molar-refractivity contribution in [2.45, 2.75) is 43.7 Å². The van der Waals surface area contributed by atoms with Gasteiger partial charge in [0.15, 0.2) is 0 Å². The Kier molecular flexibility index (Phi) is 6.26. The standard InChI is InChI=1S/C22H26FN7OS2/c1-13(2)30-27-22(26-28-30)29-8-6-14(7-9-29)31-21-20-19(24-12-25-21)17(11-33-20)16-5-4-15(32-3)10-18(16)23/h4-5,10-14,28H,6-9H2,1-3H3,(H,26,27). The van der Waals surface area contributed by atoms with Crippen molar-refractivity contribution >= 4 is 39.3 Å². The van der Waals surface area contributed by atoms with E-state index >= 15 is 0 Å². The predicted molar refractivity (Wildman–Crippen MR) is 130 cm³/mol. The second kappa shape index (κ2) is 9.32. The molecule has 1 aromatic carbocycles. The van der Waals surface area contributed by atoms with Gasteiger partial charge in [0.25, 0.3) is 0 Å². The first-order valence-electron chi connectivity index (χ1n) is 10.9. The van der Waals surface area contributed by atoms with Crippen LogP contribution < -0.4 is 15.7 Å². The number of hydrazine groups is 2. The molecule has 0 spiro atoms. The van der Waals surface area contributed by atoms with Crippen LogP contribution in [-0.2, 0) is 0 Å². The first-order chi connectivity index (χ1) is 16.0. The Morgan fingerprint density at radius 1 is 1.21 bits per heavy atom. The summed E-state index contributed by atoms with van der Waals surface area (Å²) in [6.45, 7) is 5.82. The number of aromatic nitrogens is 2. The van der Waals surface area contributed by atoms with Crippen LogP contribution in [0.1, 0.15) is 26.7 Å². The molecule has 11 heteroatoms. The van der Waals surface area contributed by atoms with Gasteiger partial charge in [-0.15, -0.1) is 33.7 Å². The fraction of sp³-hybridized carbons (Fsp3) is 0.409. The van der Waals surface area contributed by atoms with Gasteiger partial charge in [-0.05, 0) is 32.2 Å². The number of ether oxygens (including phenoxy) is 1. The maximum Gasteiger partial charge on any atom is 0.235 e. The topological polar surface area (TPSA) is 77.9 Å². The zero-order valence-corrected chi connectivity index (χ0v) is 20.3. The highest BCUT2D eigenvalue weighted by Crippen LogP contribution is 2.38. The minimum Gasteiger partial charge on any atom is -0.473 e. The third kappa shape index (κ3) is 4.44. The Labute approximate surface area is 200 Å². The fourth-order valence-electron chi connectivity index (χ4n) is 3.94. The Balaban J connectivity index is 1.30. The van der Waals surface area contributed by atoms with Gasteiger partial charge in [-0.1, -0.05) is 6.07 Å². The van der Waals surface area contributed by atoms with Gasteiger partial charge in [-0.2, -0.15) is 0 Å². The average Bonchev–Trinajstić information content (AvgIpc) is 3.48. The summed E-state index contributed by atoms with van der Waals surface area (Å²) in [5.41, 5.74) is 8.25. The molecule has 174 valence electrons. The minimum absolute atomic E-state index is 0.0543. The van der Waals surface area contributed by atoms with Crippen LogP contribution in [-0.4, -0.2) is 57.4 Å². The molecule has 5 rings (SSSR count). The Bertz CT molecular complexity index is 1180. The number of thioether (sulfide) groups is 1. The molecular weight excluding hydrogens is 461 g/mol. The first kappa shape index (κ1) is 22.2. The van der Waals surface area contributed by atoms with Crippen molar-refractivity contribution in [3.8, 4) is 17.0 Å². The Hall–Kier alpha value is -2.63. The van der Waals surface area contributed by atoms with E-state index in [0.717, 1.165) is 52.6 Å². The molecule has 0 atom stereocenters. The van der Waals surface area contributed by atoms with Crippen LogP contribution in [0.25, 0.3) is 21.3 Å². The van der Waals surface area contributed by atoms with E-state index in [1.165, 1.54) is 29.4 Å². The normalized spacial score (nSPS) is 17.1. The van der Waals surface area contributed by atoms with Gasteiger partial charge in [0.05, 0.1) is 11.6 Å². The summed E-state index contributed by atoms with van der Waals surface area (Å²) >= 11 is 3.01. The molecule has 2 aliphatic rings. The molecule has 8 nitrogen and oxygen atoms in total. The van der Waals surface area contributed by atoms with Crippen LogP contribution in [0.2, 0.25) is 0 Å². The second-order valence-corrected chi connectivity index (χ2v) is 10.0. The number of likely N-dealkylation sites (tertiary alicyclic amines) is 1. The van der Waals surface area contributed by atoms with E-state index in [-0.39, 0.29) is 18.0 Å². The molecule has 0 amide bonds. The fourth-order valence-corrected chi connectivity index (χ4v) is 5.31. The summed E-state index contributed by atoms with van der Waals surface area (Å²) in [6, 6.07) is 5.58. The number of hydrogen-bond donors (Lipinski definition) is 2. The van der Waals surface area contributed by atoms with Crippen molar-refractivity contribution in [2.24, 2.45) is 5.10 Å². The Morgan fingerprint density at radius 3 is 2.73 bits per heavy atom. The van der Waals surface area contributed by atoms with Gasteiger partial charge >= 0.3 is 0 Å². The first-order valence-corrected chi connectivity index (χ1v) is 13.0. The highest BCUT2D eigenvalue weighted by atomic mass is 32.2. The third-order valence-corrected chi connectivity index (χ3v) is 7.46. The number of nitrogens with one attached hydrogen (secondary N) is 2. The number of fused-ring (bicyclic) bond motifs is 1. The molecule has 1 fully saturated rings. The molecule has 0 bridgehead atoms. The molecule has 0 saturated carbocycles. The van der Waals surface area contributed by atoms with Crippen LogP contribution in [0.15, 0.2) is 39.9 Å². The number of halogens is 1. The molecule has 2 N–H and O–H groups in total. The molecule has 1 saturated heterocycles. The lowest BCUT2D eigenvalue weighted by Gasteiger charge is -2.32. The smallest absolute Gasteiger partial charge is 0.235 e. The average molecular weight is 488 g/mol. The number of hydrazone groups is 1. The predicted octanol–water partition coefficient (Wildman–Crippen LogP) is 4.07. The van der Waals surface area contributed by atoms with E-state index in [0.29, 0.717) is 11.4 Å². The third-order valence-electron chi connectivity index (χ3n) is 5.78. The highest BCUT2D eigenvalue weighted by molar-refractivity contribution is 7.98. The number of rotatable bonds is 5. The van der Waals surface area contributed by atoms with E-state index in [1.807, 2.05) is 23.8 Å². The summed E-state index contributed by atoms with van der Waals surface area (Å²) in [7, 11) is 0. The van der Waals surface area contributed by atoms with Gasteiger partial charge in [-0.3, -0.25) is 5.43 Å². The van der Waals surface area contributed by atoms with E-state index in [1.54, 1.807) is 11.2 Å². The maximum atomic E-state index is 14.7. The van der Waals surface area contributed by atoms with Crippen LogP contribution in [0, 0.1) is 5.82 Å². The van der Waals surface area contributed by atoms with Crippen LogP contribution in [0.5, 0.6) is 5.88 Å². The second-order valence-electron chi connectivity index (χ2n) is 8.25. The van der Waals surface area contributed by atoms with Gasteiger partial charge in [0.2, 0.25) is 11.8 Å². The number of guanidine groups is 1. The number of hydrogen-bond acceptors (Lipinski definition) is 10. The Morgan fingerprint density at radius 2 is 2.03 bits per heavy atom. The van der Waals surface area contributed by atoms with E-state index < -0.39 is 0 Å². The summed E-state index contributed by atoms with van der Waals surface area (Å²) in [5, 5.41) is 8.31. The number of benzene rings is 1. The molecule has 0 aliphatic carbocycles. The van der Waals surface area contributed by atoms with Gasteiger partial charge in [0.1, 0.15) is 22.9 Å². The van der Waals surface area contributed by atoms with Crippen molar-refractivity contribution in [2.75, 3.05) is 19.3 Å². The quantitative estimate of drug-likeness (QED) is 0.522. The van der Waals surface area contributed by atoms with E-state index in [9.17, 15) is 4.39 Å². The lowest BCUT2D eigenvalue weighted by atomic mass is 10.1. The van der Waals surface area contributed by atoms with Crippen LogP contribution in [0.4, 0.5) is 4.39 Å². The summed E-state index contributed by atoms with van der Waals surface area (Å²) in [5.74, 6) is 1.16. The van der Waals surface area contributed by atoms with Crippen molar-refractivity contribution in [1.82, 2.24) is 30.9 Å². The monoisotopic (exact) mass is 487 g/mol. The van der Waals surface area contributed by atoms with E-state index in [2.05, 4.69) is 44.8 Å². The van der Waals surface area contributed by atoms with Crippen molar-refractivity contribution in [1.29, 1.82) is 0 Å². The lowest BCUT2D eigenvalue weighted by molar-refractivity contribution is 0.126. The largest absolute Gasteiger partial charge is 0.473 e. The zero-order chi connectivity index (χ0) is 22.9. The summed E-state index contributed by atoms with van der Waals surface area (Å²) < 4.78 is 21.9. The van der Waals surface area contributed by atoms with Gasteiger partial charge in [-0.25, -0.2) is 19.5 Å². The van der Waals surface area contributed by atoms with Crippen LogP contribution >= 0.6 is 23.1 Å². The van der Waals surface area contributed by atoms with Crippen molar-refractivity contribution in [3.63, 3.8) is 0 Å². The molecule has 3 aromatic rings. The summed E-state index contributed by atoms with van der Waals surface area (Å²) in [4.78, 5) is 12.0. The number of piperidine rings is 1. The van der Waals surface area contributed by atoms with Gasteiger partial charge < -0.3 is 9.64 Å². The zero-order valence-electron chi connectivity index (χ0n) is 18.7. The number of nitrogens with zero attached hydrogens (tertiary/aromatic N) is 5. The van der Waals surface area contributed by atoms with Crippen molar-refractivity contribution in [3.05, 3.63) is 35.7 Å². The molecule has 4 heterocycles. The molecule has 2 aromatic heterocycles. The molecule has 0 radical (unpaired) electrons. The SMILES string of the molecule is CSc1ccc(-c2csc3c(OC4CCN(C5=NN(C(C)C)NN5)CC4)ncnc23)c(F)c1. The highest BCUT2D eigenvalue weighted by Gasteiger charge is 2.27. The maximum absolute atomic E-state index is 14.7. The minimum atomic E-state index is -0.246. The van der Waals surface area contributed by atoms with Gasteiger partial charge in [0, 0.05) is 47.3 Å². The van der Waals surface area contributed by atoms with Crippen molar-refractivity contribution < 1.29 is 9.13 Å². The van der Waals surface area contributed by atoms with E-state index in [4.69, 9.17) is 4.74 Å². The molecule has 0 unspecified atom stereocenters. The summed E-state index contributed by atoms with van der Waals surface area (Å²) in [6.07, 6.45) is 5.21.